The summed E-state index contributed by atoms with van der Waals surface area (Å²) in [5.74, 6) is 1.01. The molecule has 1 atom stereocenters. The van der Waals surface area contributed by atoms with E-state index in [2.05, 4.69) is 0 Å². The molecule has 2 N–H and O–H groups in total. The molecule has 2 amide bonds. The van der Waals surface area contributed by atoms with Crippen LogP contribution >= 0.6 is 0 Å². The zero-order valence-corrected chi connectivity index (χ0v) is 16.3. The first-order valence-electron chi connectivity index (χ1n) is 9.07. The summed E-state index contributed by atoms with van der Waals surface area (Å²) in [5, 5.41) is 0. The summed E-state index contributed by atoms with van der Waals surface area (Å²) in [6, 6.07) is 12.0. The molecule has 2 aromatic rings. The van der Waals surface area contributed by atoms with Crippen LogP contribution in [0.4, 0.5) is 11.4 Å². The maximum atomic E-state index is 13.0. The third-order valence-corrected chi connectivity index (χ3v) is 5.02. The highest BCUT2D eigenvalue weighted by Gasteiger charge is 2.37. The summed E-state index contributed by atoms with van der Waals surface area (Å²) in [7, 11) is 4.81. The highest BCUT2D eigenvalue weighted by atomic mass is 16.5. The van der Waals surface area contributed by atoms with Gasteiger partial charge in [0.2, 0.25) is 11.8 Å². The summed E-state index contributed by atoms with van der Waals surface area (Å²) in [6.07, 6.45) is 0.801. The number of carbonyl (C=O) groups is 2. The number of amides is 2. The Morgan fingerprint density at radius 1 is 1.14 bits per heavy atom. The molecule has 1 aliphatic heterocycles. The molecule has 28 heavy (non-hydrogen) atoms. The Labute approximate surface area is 164 Å². The van der Waals surface area contributed by atoms with Gasteiger partial charge in [0.25, 0.3) is 0 Å². The predicted octanol–water partition coefficient (Wildman–Crippen LogP) is 2.09. The van der Waals surface area contributed by atoms with E-state index < -0.39 is 6.04 Å². The first kappa shape index (κ1) is 19.5. The van der Waals surface area contributed by atoms with E-state index in [0.717, 1.165) is 5.56 Å². The Hall–Kier alpha value is -3.22. The van der Waals surface area contributed by atoms with Crippen molar-refractivity contribution in [3.05, 3.63) is 48.0 Å². The molecule has 1 unspecified atom stereocenters. The van der Waals surface area contributed by atoms with Crippen molar-refractivity contribution in [1.29, 1.82) is 0 Å². The molecule has 1 fully saturated rings. The van der Waals surface area contributed by atoms with Crippen LogP contribution < -0.4 is 20.1 Å². The largest absolute Gasteiger partial charge is 0.497 e. The van der Waals surface area contributed by atoms with Gasteiger partial charge in [0, 0.05) is 37.5 Å². The van der Waals surface area contributed by atoms with Crippen LogP contribution in [-0.2, 0) is 16.0 Å². The second-order valence-corrected chi connectivity index (χ2v) is 6.79. The van der Waals surface area contributed by atoms with Gasteiger partial charge in [-0.05, 0) is 24.1 Å². The van der Waals surface area contributed by atoms with Crippen molar-refractivity contribution < 1.29 is 19.1 Å². The van der Waals surface area contributed by atoms with E-state index in [0.29, 0.717) is 35.8 Å². The second-order valence-electron chi connectivity index (χ2n) is 6.79. The van der Waals surface area contributed by atoms with Gasteiger partial charge in [-0.3, -0.25) is 9.59 Å². The van der Waals surface area contributed by atoms with Crippen LogP contribution in [0.25, 0.3) is 0 Å². The number of benzene rings is 2. The van der Waals surface area contributed by atoms with Crippen molar-refractivity contribution in [2.75, 3.05) is 38.4 Å². The number of likely N-dealkylation sites (N-methyl/N-ethyl adjacent to an activating group) is 1. The molecule has 0 aromatic heterocycles. The monoisotopic (exact) mass is 383 g/mol. The van der Waals surface area contributed by atoms with E-state index in [4.69, 9.17) is 15.2 Å². The summed E-state index contributed by atoms with van der Waals surface area (Å²) < 4.78 is 10.6. The molecule has 0 bridgehead atoms. The molecule has 7 nitrogen and oxygen atoms in total. The van der Waals surface area contributed by atoms with Crippen molar-refractivity contribution in [3.63, 3.8) is 0 Å². The van der Waals surface area contributed by atoms with E-state index in [1.54, 1.807) is 56.5 Å². The Morgan fingerprint density at radius 2 is 1.75 bits per heavy atom. The lowest BCUT2D eigenvalue weighted by molar-refractivity contribution is -0.136. The fraction of sp³-hybridized carbons (Fsp3) is 0.333. The van der Waals surface area contributed by atoms with Gasteiger partial charge in [0.1, 0.15) is 17.5 Å². The van der Waals surface area contributed by atoms with Crippen molar-refractivity contribution in [2.24, 2.45) is 0 Å². The summed E-state index contributed by atoms with van der Waals surface area (Å²) in [6.45, 7) is 0.527. The molecule has 1 aliphatic rings. The number of methoxy groups -OCH3 is 2. The highest BCUT2D eigenvalue weighted by Crippen LogP contribution is 2.31. The van der Waals surface area contributed by atoms with Gasteiger partial charge in [-0.25, -0.2) is 0 Å². The number of hydrogen-bond donors (Lipinski definition) is 1. The third kappa shape index (κ3) is 4.03. The predicted molar refractivity (Wildman–Crippen MR) is 108 cm³/mol. The topological polar surface area (TPSA) is 85.1 Å². The summed E-state index contributed by atoms with van der Waals surface area (Å²) in [5.41, 5.74) is 7.90. The number of rotatable bonds is 6. The van der Waals surface area contributed by atoms with Crippen LogP contribution in [-0.4, -0.2) is 50.6 Å². The fourth-order valence-corrected chi connectivity index (χ4v) is 3.34. The molecule has 0 aliphatic carbocycles. The average molecular weight is 383 g/mol. The zero-order valence-electron chi connectivity index (χ0n) is 16.3. The molecule has 0 spiro atoms. The van der Waals surface area contributed by atoms with E-state index in [1.807, 2.05) is 12.1 Å². The molecule has 2 aromatic carbocycles. The van der Waals surface area contributed by atoms with Gasteiger partial charge in [-0.15, -0.1) is 0 Å². The number of anilines is 2. The zero-order chi connectivity index (χ0) is 20.3. The normalized spacial score (nSPS) is 16.2. The number of nitrogen functional groups attached to an aromatic ring is 1. The smallest absolute Gasteiger partial charge is 0.249 e. The standard InChI is InChI=1S/C21H25N3O4/c1-23(20(25)10-14-4-6-15(22)7-5-14)19-8-9-24(21(19)26)16-11-17(27-2)13-18(12-16)28-3/h4-7,11-13,19H,8-10,22H2,1-3H3. The lowest BCUT2D eigenvalue weighted by Gasteiger charge is -2.24. The number of hydrogen-bond acceptors (Lipinski definition) is 5. The van der Waals surface area contributed by atoms with Crippen LogP contribution in [0, 0.1) is 0 Å². The van der Waals surface area contributed by atoms with Gasteiger partial charge in [0.05, 0.1) is 26.3 Å². The van der Waals surface area contributed by atoms with Crippen LogP contribution in [0.15, 0.2) is 42.5 Å². The number of nitrogens with two attached hydrogens (primary N) is 1. The summed E-state index contributed by atoms with van der Waals surface area (Å²) in [4.78, 5) is 28.8. The van der Waals surface area contributed by atoms with Gasteiger partial charge in [-0.2, -0.15) is 0 Å². The molecule has 0 saturated carbocycles. The lowest BCUT2D eigenvalue weighted by Crippen LogP contribution is -2.43. The minimum Gasteiger partial charge on any atom is -0.497 e. The Bertz CT molecular complexity index is 844. The quantitative estimate of drug-likeness (QED) is 0.772. The van der Waals surface area contributed by atoms with Crippen LogP contribution in [0.2, 0.25) is 0 Å². The maximum absolute atomic E-state index is 13.0. The Kier molecular flexibility index (Phi) is 5.73. The first-order valence-corrected chi connectivity index (χ1v) is 9.07. The average Bonchev–Trinajstić information content (AvgIpc) is 3.09. The Balaban J connectivity index is 1.72. The van der Waals surface area contributed by atoms with Crippen LogP contribution in [0.5, 0.6) is 11.5 Å². The van der Waals surface area contributed by atoms with Gasteiger partial charge in [0.15, 0.2) is 0 Å². The van der Waals surface area contributed by atoms with Gasteiger partial charge in [-0.1, -0.05) is 12.1 Å². The molecule has 1 saturated heterocycles. The molecule has 148 valence electrons. The highest BCUT2D eigenvalue weighted by molar-refractivity contribution is 6.01. The van der Waals surface area contributed by atoms with E-state index in [1.165, 1.54) is 4.90 Å². The van der Waals surface area contributed by atoms with Crippen LogP contribution in [0.1, 0.15) is 12.0 Å². The van der Waals surface area contributed by atoms with Gasteiger partial charge < -0.3 is 25.0 Å². The van der Waals surface area contributed by atoms with E-state index >= 15 is 0 Å². The van der Waals surface area contributed by atoms with E-state index in [-0.39, 0.29) is 18.2 Å². The maximum Gasteiger partial charge on any atom is 0.249 e. The van der Waals surface area contributed by atoms with Crippen molar-refractivity contribution in [1.82, 2.24) is 4.90 Å². The molecule has 7 heteroatoms. The molecular weight excluding hydrogens is 358 g/mol. The molecule has 1 heterocycles. The van der Waals surface area contributed by atoms with Crippen molar-refractivity contribution >= 4 is 23.2 Å². The molecular formula is C21H25N3O4. The minimum atomic E-state index is -0.488. The minimum absolute atomic E-state index is 0.104. The Morgan fingerprint density at radius 3 is 2.32 bits per heavy atom. The third-order valence-electron chi connectivity index (χ3n) is 5.02. The first-order chi connectivity index (χ1) is 13.4. The lowest BCUT2D eigenvalue weighted by atomic mass is 10.1. The van der Waals surface area contributed by atoms with E-state index in [9.17, 15) is 9.59 Å². The van der Waals surface area contributed by atoms with Crippen molar-refractivity contribution in [2.45, 2.75) is 18.9 Å². The fourth-order valence-electron chi connectivity index (χ4n) is 3.34. The second kappa shape index (κ2) is 8.21. The van der Waals surface area contributed by atoms with Gasteiger partial charge >= 0.3 is 0 Å². The SMILES string of the molecule is COc1cc(OC)cc(N2CCC(N(C)C(=O)Cc3ccc(N)cc3)C2=O)c1. The number of nitrogens with zero attached hydrogens (tertiary/aromatic N) is 2. The van der Waals surface area contributed by atoms with Crippen molar-refractivity contribution in [3.8, 4) is 11.5 Å². The van der Waals surface area contributed by atoms with Crippen LogP contribution in [0.3, 0.4) is 0 Å². The number of carbonyl (C=O) groups excluding carboxylic acids is 2. The number of ether oxygens (including phenoxy) is 2. The molecule has 3 rings (SSSR count). The molecule has 0 radical (unpaired) electrons. The summed E-state index contributed by atoms with van der Waals surface area (Å²) >= 11 is 0.